The van der Waals surface area contributed by atoms with Crippen LogP contribution in [0.4, 0.5) is 0 Å². The van der Waals surface area contributed by atoms with Gasteiger partial charge in [-0.2, -0.15) is 0 Å². The number of halogens is 1. The number of fused-ring (bicyclic) bond motifs is 1. The fourth-order valence-corrected chi connectivity index (χ4v) is 3.51. The van der Waals surface area contributed by atoms with Crippen molar-refractivity contribution in [2.75, 3.05) is 6.26 Å². The van der Waals surface area contributed by atoms with E-state index in [4.69, 9.17) is 11.6 Å². The fourth-order valence-electron chi connectivity index (χ4n) is 2.71. The van der Waals surface area contributed by atoms with Gasteiger partial charge in [0, 0.05) is 22.9 Å². The molecule has 0 aliphatic heterocycles. The van der Waals surface area contributed by atoms with Crippen LogP contribution in [0.2, 0.25) is 5.02 Å². The van der Waals surface area contributed by atoms with Gasteiger partial charge < -0.3 is 4.57 Å². The van der Waals surface area contributed by atoms with E-state index in [1.54, 1.807) is 59.3 Å². The van der Waals surface area contributed by atoms with Crippen molar-refractivity contribution in [1.82, 2.24) is 4.57 Å². The van der Waals surface area contributed by atoms with Crippen LogP contribution in [0.25, 0.3) is 16.8 Å². The first-order valence-electron chi connectivity index (χ1n) is 7.54. The molecule has 3 rings (SSSR count). The zero-order chi connectivity index (χ0) is 18.2. The van der Waals surface area contributed by atoms with Crippen LogP contribution >= 0.6 is 11.6 Å². The third-order valence-electron chi connectivity index (χ3n) is 4.00. The third kappa shape index (κ3) is 3.52. The lowest BCUT2D eigenvalue weighted by Gasteiger charge is -2.11. The van der Waals surface area contributed by atoms with Crippen LogP contribution in [0.15, 0.2) is 64.9 Å². The Hall–Kier alpha value is -2.37. The quantitative estimate of drug-likeness (QED) is 0.699. The maximum atomic E-state index is 12.7. The largest absolute Gasteiger partial charge is 0.310 e. The highest BCUT2D eigenvalue weighted by Gasteiger charge is 2.10. The van der Waals surface area contributed by atoms with Crippen LogP contribution in [-0.2, 0) is 16.4 Å². The minimum absolute atomic E-state index is 0.135. The van der Waals surface area contributed by atoms with E-state index >= 15 is 0 Å². The molecule has 2 aromatic carbocycles. The van der Waals surface area contributed by atoms with Gasteiger partial charge in [0.05, 0.1) is 11.4 Å². The Morgan fingerprint density at radius 3 is 2.40 bits per heavy atom. The molecule has 0 aliphatic carbocycles. The van der Waals surface area contributed by atoms with Crippen LogP contribution in [0.5, 0.6) is 0 Å². The van der Waals surface area contributed by atoms with Crippen molar-refractivity contribution in [2.45, 2.75) is 11.4 Å². The van der Waals surface area contributed by atoms with Crippen molar-refractivity contribution in [3.8, 4) is 0 Å². The maximum absolute atomic E-state index is 12.7. The summed E-state index contributed by atoms with van der Waals surface area (Å²) in [4.78, 5) is 13.0. The summed E-state index contributed by atoms with van der Waals surface area (Å²) >= 11 is 6.03. The number of pyridine rings is 1. The molecule has 4 nitrogen and oxygen atoms in total. The Balaban J connectivity index is 2.07. The summed E-state index contributed by atoms with van der Waals surface area (Å²) in [5, 5.41) is 1.88. The van der Waals surface area contributed by atoms with Gasteiger partial charge in [0.2, 0.25) is 0 Å². The highest BCUT2D eigenvalue weighted by atomic mass is 35.5. The molecule has 0 atom stereocenters. The molecule has 0 amide bonds. The Labute approximate surface area is 150 Å². The van der Waals surface area contributed by atoms with Gasteiger partial charge in [-0.25, -0.2) is 8.42 Å². The molecule has 0 radical (unpaired) electrons. The molecule has 0 saturated carbocycles. The molecule has 0 N–H and O–H groups in total. The number of hydrogen-bond acceptors (Lipinski definition) is 3. The van der Waals surface area contributed by atoms with Crippen molar-refractivity contribution >= 4 is 38.3 Å². The number of hydrogen-bond donors (Lipinski definition) is 0. The lowest BCUT2D eigenvalue weighted by Crippen LogP contribution is -2.21. The van der Waals surface area contributed by atoms with Crippen molar-refractivity contribution in [1.29, 1.82) is 0 Å². The van der Waals surface area contributed by atoms with E-state index < -0.39 is 9.84 Å². The van der Waals surface area contributed by atoms with E-state index in [-0.39, 0.29) is 10.5 Å². The number of aromatic nitrogens is 1. The number of nitrogens with zero attached hydrogens (tertiary/aromatic N) is 1. The van der Waals surface area contributed by atoms with Gasteiger partial charge in [-0.15, -0.1) is 0 Å². The Morgan fingerprint density at radius 1 is 1.12 bits per heavy atom. The summed E-state index contributed by atoms with van der Waals surface area (Å²) < 4.78 is 24.7. The van der Waals surface area contributed by atoms with Crippen LogP contribution in [-0.4, -0.2) is 19.2 Å². The maximum Gasteiger partial charge on any atom is 0.258 e. The molecule has 25 heavy (non-hydrogen) atoms. The number of benzene rings is 2. The van der Waals surface area contributed by atoms with E-state index in [1.165, 1.54) is 0 Å². The first kappa shape index (κ1) is 17.5. The molecule has 1 heterocycles. The summed E-state index contributed by atoms with van der Waals surface area (Å²) in [7, 11) is -3.24. The average Bonchev–Trinajstić information content (AvgIpc) is 2.57. The molecule has 6 heteroatoms. The predicted molar refractivity (Wildman–Crippen MR) is 102 cm³/mol. The smallest absolute Gasteiger partial charge is 0.258 e. The highest BCUT2D eigenvalue weighted by Crippen LogP contribution is 2.21. The topological polar surface area (TPSA) is 56.1 Å². The minimum atomic E-state index is -3.24. The summed E-state index contributed by atoms with van der Waals surface area (Å²) in [6, 6.07) is 11.7. The number of sulfone groups is 1. The van der Waals surface area contributed by atoms with Crippen molar-refractivity contribution < 1.29 is 8.42 Å². The van der Waals surface area contributed by atoms with Crippen molar-refractivity contribution in [3.05, 3.63) is 81.7 Å². The lowest BCUT2D eigenvalue weighted by molar-refractivity contribution is 0.602. The summed E-state index contributed by atoms with van der Waals surface area (Å²) in [5.74, 6) is 0. The zero-order valence-corrected chi connectivity index (χ0v) is 15.1. The van der Waals surface area contributed by atoms with E-state index in [9.17, 15) is 13.2 Å². The van der Waals surface area contributed by atoms with Gasteiger partial charge in [0.1, 0.15) is 0 Å². The highest BCUT2D eigenvalue weighted by molar-refractivity contribution is 7.90. The summed E-state index contributed by atoms with van der Waals surface area (Å²) in [6.45, 7) is 4.14. The molecule has 1 aromatic heterocycles. The third-order valence-corrected chi connectivity index (χ3v) is 5.37. The molecule has 0 unspecified atom stereocenters. The Kier molecular flexibility index (Phi) is 4.54. The second-order valence-corrected chi connectivity index (χ2v) is 8.28. The van der Waals surface area contributed by atoms with Crippen molar-refractivity contribution in [3.63, 3.8) is 0 Å². The molecular weight excluding hydrogens is 358 g/mol. The summed E-state index contributed by atoms with van der Waals surface area (Å²) in [5.41, 5.74) is 1.51. The second-order valence-electron chi connectivity index (χ2n) is 5.83. The van der Waals surface area contributed by atoms with Gasteiger partial charge >= 0.3 is 0 Å². The first-order chi connectivity index (χ1) is 11.8. The lowest BCUT2D eigenvalue weighted by atomic mass is 10.1. The van der Waals surface area contributed by atoms with Gasteiger partial charge in [0.15, 0.2) is 9.84 Å². The molecule has 0 aliphatic rings. The van der Waals surface area contributed by atoms with Crippen molar-refractivity contribution in [2.24, 2.45) is 0 Å². The Bertz CT molecular complexity index is 1130. The SMILES string of the molecule is C=Cc1cn(Cc2ccc(S(C)(=O)=O)cc2)c(=O)c2ccc(Cl)cc12. The van der Waals surface area contributed by atoms with Gasteiger partial charge in [-0.3, -0.25) is 4.79 Å². The van der Waals surface area contributed by atoms with Crippen LogP contribution in [0.1, 0.15) is 11.1 Å². The molecule has 0 saturated heterocycles. The zero-order valence-electron chi connectivity index (χ0n) is 13.6. The van der Waals surface area contributed by atoms with E-state index in [1.807, 2.05) is 0 Å². The van der Waals surface area contributed by atoms with E-state index in [2.05, 4.69) is 6.58 Å². The fraction of sp³-hybridized carbons (Fsp3) is 0.105. The predicted octanol–water partition coefficient (Wildman–Crippen LogP) is 3.75. The van der Waals surface area contributed by atoms with E-state index in [0.29, 0.717) is 17.0 Å². The van der Waals surface area contributed by atoms with Gasteiger partial charge in [0.25, 0.3) is 5.56 Å². The van der Waals surface area contributed by atoms with Gasteiger partial charge in [-0.05, 0) is 46.8 Å². The number of rotatable bonds is 4. The van der Waals surface area contributed by atoms with Crippen LogP contribution in [0, 0.1) is 0 Å². The van der Waals surface area contributed by atoms with Crippen LogP contribution < -0.4 is 5.56 Å². The molecule has 128 valence electrons. The average molecular weight is 374 g/mol. The minimum Gasteiger partial charge on any atom is -0.310 e. The monoisotopic (exact) mass is 373 g/mol. The molecule has 3 aromatic rings. The molecule has 0 spiro atoms. The Morgan fingerprint density at radius 2 is 1.80 bits per heavy atom. The van der Waals surface area contributed by atoms with E-state index in [0.717, 1.165) is 22.8 Å². The standard InChI is InChI=1S/C19H16ClNO3S/c1-3-14-12-21(19(22)17-9-6-15(20)10-18(14)17)11-13-4-7-16(8-5-13)25(2,23)24/h3-10,12H,1,11H2,2H3. The van der Waals surface area contributed by atoms with Crippen LogP contribution in [0.3, 0.4) is 0 Å². The first-order valence-corrected chi connectivity index (χ1v) is 9.80. The molecular formula is C19H16ClNO3S. The van der Waals surface area contributed by atoms with Gasteiger partial charge in [-0.1, -0.05) is 36.4 Å². The molecule has 0 bridgehead atoms. The second kappa shape index (κ2) is 6.50. The molecule has 0 fully saturated rings. The normalized spacial score (nSPS) is 11.6. The summed E-state index contributed by atoms with van der Waals surface area (Å²) in [6.07, 6.45) is 4.58.